The van der Waals surface area contributed by atoms with Crippen LogP contribution in [-0.4, -0.2) is 9.78 Å². The Kier molecular flexibility index (Phi) is 4.48. The number of fused-ring (bicyclic) bond motifs is 1. The third-order valence-corrected chi connectivity index (χ3v) is 5.77. The second kappa shape index (κ2) is 6.72. The maximum Gasteiger partial charge on any atom is 0.435 e. The Bertz CT molecular complexity index is 1090. The van der Waals surface area contributed by atoms with E-state index in [1.165, 1.54) is 23.6 Å². The molecule has 0 bridgehead atoms. The number of aryl methyl sites for hydroxylation is 1. The van der Waals surface area contributed by atoms with Crippen LogP contribution in [0.15, 0.2) is 30.5 Å². The summed E-state index contributed by atoms with van der Waals surface area (Å²) < 4.78 is 56.7. The minimum absolute atomic E-state index is 0.121. The van der Waals surface area contributed by atoms with Crippen LogP contribution in [0.25, 0.3) is 11.1 Å². The van der Waals surface area contributed by atoms with Crippen LogP contribution in [0.3, 0.4) is 0 Å². The highest BCUT2D eigenvalue weighted by Crippen LogP contribution is 2.44. The van der Waals surface area contributed by atoms with Gasteiger partial charge in [-0.2, -0.15) is 23.5 Å². The predicted octanol–water partition coefficient (Wildman–Crippen LogP) is 4.85. The van der Waals surface area contributed by atoms with Crippen molar-refractivity contribution in [1.29, 1.82) is 5.26 Å². The molecule has 1 aliphatic heterocycles. The van der Waals surface area contributed by atoms with E-state index in [0.717, 1.165) is 21.2 Å². The molecule has 0 radical (unpaired) electrons. The number of benzene rings is 1. The van der Waals surface area contributed by atoms with Crippen LogP contribution in [0, 0.1) is 17.1 Å². The predicted molar refractivity (Wildman–Crippen MR) is 96.0 cm³/mol. The van der Waals surface area contributed by atoms with Crippen molar-refractivity contribution in [2.45, 2.75) is 32.2 Å². The number of nitrogens with one attached hydrogen (secondary N) is 1. The van der Waals surface area contributed by atoms with E-state index in [-0.39, 0.29) is 17.7 Å². The summed E-state index contributed by atoms with van der Waals surface area (Å²) in [6.07, 6.45) is -3.48. The molecule has 1 aliphatic rings. The van der Waals surface area contributed by atoms with Crippen LogP contribution in [-0.2, 0) is 19.3 Å². The Morgan fingerprint density at radius 1 is 1.36 bits per heavy atom. The first kappa shape index (κ1) is 18.7. The number of thiophene rings is 1. The van der Waals surface area contributed by atoms with Gasteiger partial charge in [-0.3, -0.25) is 4.68 Å². The number of hydrogen-bond donors (Lipinski definition) is 1. The van der Waals surface area contributed by atoms with Crippen molar-refractivity contribution in [2.24, 2.45) is 0 Å². The number of alkyl halides is 3. The first-order valence-corrected chi connectivity index (χ1v) is 9.34. The summed E-state index contributed by atoms with van der Waals surface area (Å²) >= 11 is 1.33. The van der Waals surface area contributed by atoms with Gasteiger partial charge in [-0.15, -0.1) is 11.3 Å². The molecule has 0 aliphatic carbocycles. The van der Waals surface area contributed by atoms with E-state index in [1.807, 2.05) is 0 Å². The van der Waals surface area contributed by atoms with E-state index in [2.05, 4.69) is 16.5 Å². The van der Waals surface area contributed by atoms with Gasteiger partial charge in [0.2, 0.25) is 0 Å². The molecule has 144 valence electrons. The third kappa shape index (κ3) is 2.99. The lowest BCUT2D eigenvalue weighted by Crippen LogP contribution is -2.16. The molecule has 3 heterocycles. The summed E-state index contributed by atoms with van der Waals surface area (Å²) in [5.74, 6) is -0.746. The molecule has 0 fully saturated rings. The molecule has 0 spiro atoms. The molecular formula is C19H14F4N4S. The molecule has 4 rings (SSSR count). The van der Waals surface area contributed by atoms with Crippen molar-refractivity contribution in [1.82, 2.24) is 15.1 Å². The largest absolute Gasteiger partial charge is 0.435 e. The first-order valence-electron chi connectivity index (χ1n) is 8.53. The van der Waals surface area contributed by atoms with Crippen LogP contribution in [0.4, 0.5) is 17.6 Å². The van der Waals surface area contributed by atoms with Crippen LogP contribution in [0.1, 0.15) is 39.5 Å². The van der Waals surface area contributed by atoms with Crippen molar-refractivity contribution in [3.05, 3.63) is 62.9 Å². The smallest absolute Gasteiger partial charge is 0.301 e. The van der Waals surface area contributed by atoms with Gasteiger partial charge in [0, 0.05) is 35.3 Å². The fraction of sp³-hybridized carbons (Fsp3) is 0.263. The first-order chi connectivity index (χ1) is 13.3. The highest BCUT2D eigenvalue weighted by atomic mass is 32.1. The fourth-order valence-electron chi connectivity index (χ4n) is 3.50. The monoisotopic (exact) mass is 406 g/mol. The summed E-state index contributed by atoms with van der Waals surface area (Å²) in [7, 11) is 0. The molecule has 3 aromatic rings. The molecule has 2 aromatic heterocycles. The van der Waals surface area contributed by atoms with Gasteiger partial charge in [0.15, 0.2) is 5.69 Å². The molecule has 0 saturated heterocycles. The average molecular weight is 406 g/mol. The van der Waals surface area contributed by atoms with Crippen LogP contribution >= 0.6 is 11.3 Å². The average Bonchev–Trinajstić information content (AvgIpc) is 3.34. The molecule has 1 aromatic carbocycles. The van der Waals surface area contributed by atoms with Gasteiger partial charge in [-0.05, 0) is 30.2 Å². The van der Waals surface area contributed by atoms with Gasteiger partial charge < -0.3 is 5.32 Å². The Morgan fingerprint density at radius 3 is 2.82 bits per heavy atom. The van der Waals surface area contributed by atoms with Crippen molar-refractivity contribution in [2.75, 3.05) is 0 Å². The Labute approximate surface area is 162 Å². The molecule has 28 heavy (non-hydrogen) atoms. The van der Waals surface area contributed by atoms with Crippen molar-refractivity contribution >= 4 is 11.3 Å². The van der Waals surface area contributed by atoms with Crippen molar-refractivity contribution in [3.8, 4) is 17.2 Å². The Balaban J connectivity index is 1.92. The van der Waals surface area contributed by atoms with Crippen LogP contribution in [0.5, 0.6) is 0 Å². The summed E-state index contributed by atoms with van der Waals surface area (Å²) in [5.41, 5.74) is -0.327. The lowest BCUT2D eigenvalue weighted by atomic mass is 9.92. The second-order valence-electron chi connectivity index (χ2n) is 6.36. The summed E-state index contributed by atoms with van der Waals surface area (Å²) in [6, 6.07) is 7.52. The number of nitrogens with zero attached hydrogens (tertiary/aromatic N) is 3. The SMILES string of the molecule is CCn1cc(-c2c(F)cccc2[C@@H]2NCc3sc(C#N)cc32)c(C(F)(F)F)n1. The normalized spacial score (nSPS) is 16.2. The zero-order chi connectivity index (χ0) is 20.1. The van der Waals surface area contributed by atoms with E-state index >= 15 is 0 Å². The molecule has 9 heteroatoms. The van der Waals surface area contributed by atoms with Gasteiger partial charge in [-0.1, -0.05) is 12.1 Å². The Hall–Kier alpha value is -2.70. The van der Waals surface area contributed by atoms with Gasteiger partial charge in [-0.25, -0.2) is 4.39 Å². The molecular weight excluding hydrogens is 392 g/mol. The van der Waals surface area contributed by atoms with Gasteiger partial charge in [0.1, 0.15) is 16.8 Å². The lowest BCUT2D eigenvalue weighted by Gasteiger charge is -2.18. The maximum atomic E-state index is 14.8. The molecule has 0 amide bonds. The standard InChI is InChI=1S/C19H14F4N4S/c1-2-27-9-13(18(26-27)19(21,22)23)16-11(4-3-5-14(16)20)17-12-6-10(7-24)28-15(12)8-25-17/h3-6,9,17,25H,2,8H2,1H3/t17-/m0/s1. The molecule has 0 saturated carbocycles. The fourth-order valence-corrected chi connectivity index (χ4v) is 4.45. The van der Waals surface area contributed by atoms with E-state index in [1.54, 1.807) is 19.1 Å². The van der Waals surface area contributed by atoms with Crippen LogP contribution < -0.4 is 5.32 Å². The van der Waals surface area contributed by atoms with E-state index in [4.69, 9.17) is 5.26 Å². The summed E-state index contributed by atoms with van der Waals surface area (Å²) in [6.45, 7) is 2.37. The minimum atomic E-state index is -4.71. The highest BCUT2D eigenvalue weighted by Gasteiger charge is 2.39. The second-order valence-corrected chi connectivity index (χ2v) is 7.50. The molecule has 1 N–H and O–H groups in total. The molecule has 4 nitrogen and oxygen atoms in total. The summed E-state index contributed by atoms with van der Waals surface area (Å²) in [4.78, 5) is 1.45. The third-order valence-electron chi connectivity index (χ3n) is 4.71. The van der Waals surface area contributed by atoms with Gasteiger partial charge in [0.05, 0.1) is 6.04 Å². The molecule has 1 atom stereocenters. The highest BCUT2D eigenvalue weighted by molar-refractivity contribution is 7.12. The number of rotatable bonds is 3. The molecule has 0 unspecified atom stereocenters. The van der Waals surface area contributed by atoms with Gasteiger partial charge in [0.25, 0.3) is 0 Å². The number of hydrogen-bond acceptors (Lipinski definition) is 4. The maximum absolute atomic E-state index is 14.8. The van der Waals surface area contributed by atoms with E-state index in [0.29, 0.717) is 17.0 Å². The minimum Gasteiger partial charge on any atom is -0.301 e. The van der Waals surface area contributed by atoms with Crippen molar-refractivity contribution in [3.63, 3.8) is 0 Å². The topological polar surface area (TPSA) is 53.6 Å². The van der Waals surface area contributed by atoms with E-state index in [9.17, 15) is 17.6 Å². The zero-order valence-electron chi connectivity index (χ0n) is 14.6. The quantitative estimate of drug-likeness (QED) is 0.633. The Morgan fingerprint density at radius 2 is 2.14 bits per heavy atom. The number of halogens is 4. The van der Waals surface area contributed by atoms with Crippen LogP contribution in [0.2, 0.25) is 0 Å². The summed E-state index contributed by atoms with van der Waals surface area (Å²) in [5, 5.41) is 16.0. The lowest BCUT2D eigenvalue weighted by molar-refractivity contribution is -0.141. The number of nitriles is 1. The number of aromatic nitrogens is 2. The van der Waals surface area contributed by atoms with Gasteiger partial charge >= 0.3 is 6.18 Å². The van der Waals surface area contributed by atoms with E-state index < -0.39 is 23.7 Å². The zero-order valence-corrected chi connectivity index (χ0v) is 15.5. The van der Waals surface area contributed by atoms with Crippen molar-refractivity contribution < 1.29 is 17.6 Å².